The summed E-state index contributed by atoms with van der Waals surface area (Å²) in [6, 6.07) is 0. The first-order valence-electron chi connectivity index (χ1n) is 26.8. The molecule has 0 N–H and O–H groups in total. The van der Waals surface area contributed by atoms with Crippen LogP contribution in [0.1, 0.15) is 239 Å². The first-order chi connectivity index (χ1) is 32.0. The van der Waals surface area contributed by atoms with Crippen molar-refractivity contribution < 1.29 is 28.6 Å². The molecule has 0 aliphatic carbocycles. The Morgan fingerprint density at radius 2 is 0.677 bits per heavy atom. The fourth-order valence-electron chi connectivity index (χ4n) is 7.04. The third-order valence-corrected chi connectivity index (χ3v) is 11.1. The van der Waals surface area contributed by atoms with E-state index in [1.807, 2.05) is 0 Å². The van der Waals surface area contributed by atoms with Gasteiger partial charge in [0.25, 0.3) is 0 Å². The van der Waals surface area contributed by atoms with Gasteiger partial charge in [0.1, 0.15) is 13.2 Å². The van der Waals surface area contributed by atoms with Crippen molar-refractivity contribution in [2.45, 2.75) is 245 Å². The number of ether oxygens (including phenoxy) is 3. The normalized spacial score (nSPS) is 12.8. The van der Waals surface area contributed by atoms with Gasteiger partial charge in [-0.15, -0.1) is 0 Å². The molecule has 0 amide bonds. The van der Waals surface area contributed by atoms with Gasteiger partial charge >= 0.3 is 17.9 Å². The average Bonchev–Trinajstić information content (AvgIpc) is 3.30. The molecule has 0 heterocycles. The number of allylic oxidation sites excluding steroid dienone is 16. The molecule has 0 saturated carbocycles. The van der Waals surface area contributed by atoms with Gasteiger partial charge in [-0.3, -0.25) is 14.4 Å². The molecule has 0 aromatic carbocycles. The first-order valence-corrected chi connectivity index (χ1v) is 26.8. The summed E-state index contributed by atoms with van der Waals surface area (Å²) in [5.41, 5.74) is 0. The van der Waals surface area contributed by atoms with E-state index in [-0.39, 0.29) is 37.5 Å². The summed E-state index contributed by atoms with van der Waals surface area (Å²) in [6.45, 7) is 6.39. The largest absolute Gasteiger partial charge is 0.462 e. The van der Waals surface area contributed by atoms with Gasteiger partial charge in [-0.05, 0) is 103 Å². The second-order valence-electron chi connectivity index (χ2n) is 17.4. The second kappa shape index (κ2) is 52.9. The predicted octanol–water partition coefficient (Wildman–Crippen LogP) is 17.8. The van der Waals surface area contributed by atoms with E-state index in [2.05, 4.69) is 118 Å². The van der Waals surface area contributed by atoms with Crippen molar-refractivity contribution in [3.05, 3.63) is 97.2 Å². The number of esters is 3. The van der Waals surface area contributed by atoms with E-state index in [1.165, 1.54) is 103 Å². The van der Waals surface area contributed by atoms with Gasteiger partial charge in [0.2, 0.25) is 0 Å². The summed E-state index contributed by atoms with van der Waals surface area (Å²) < 4.78 is 16.7. The van der Waals surface area contributed by atoms with Crippen molar-refractivity contribution >= 4 is 17.9 Å². The van der Waals surface area contributed by atoms with Crippen LogP contribution in [0.25, 0.3) is 0 Å². The van der Waals surface area contributed by atoms with Crippen LogP contribution in [0.3, 0.4) is 0 Å². The molecule has 370 valence electrons. The number of unbranched alkanes of at least 4 members (excludes halogenated alkanes) is 21. The minimum atomic E-state index is -0.817. The lowest BCUT2D eigenvalue weighted by atomic mass is 10.1. The monoisotopic (exact) mass is 903 g/mol. The fourth-order valence-corrected chi connectivity index (χ4v) is 7.04. The molecule has 6 heteroatoms. The Hall–Kier alpha value is -3.67. The van der Waals surface area contributed by atoms with E-state index >= 15 is 0 Å². The fraction of sp³-hybridized carbons (Fsp3) is 0.678. The predicted molar refractivity (Wildman–Crippen MR) is 279 cm³/mol. The molecule has 0 rings (SSSR count). The molecule has 0 spiro atoms. The molecule has 6 nitrogen and oxygen atoms in total. The molecule has 0 aromatic heterocycles. The van der Waals surface area contributed by atoms with Crippen LogP contribution >= 0.6 is 0 Å². The van der Waals surface area contributed by atoms with Crippen molar-refractivity contribution in [1.82, 2.24) is 0 Å². The summed E-state index contributed by atoms with van der Waals surface area (Å²) in [7, 11) is 0. The van der Waals surface area contributed by atoms with Gasteiger partial charge in [0, 0.05) is 19.3 Å². The minimum absolute atomic E-state index is 0.110. The zero-order chi connectivity index (χ0) is 47.2. The average molecular weight is 903 g/mol. The maximum absolute atomic E-state index is 12.8. The maximum Gasteiger partial charge on any atom is 0.306 e. The Balaban J connectivity index is 4.46. The molecule has 0 aliphatic rings. The summed E-state index contributed by atoms with van der Waals surface area (Å²) in [6.07, 6.45) is 69.7. The smallest absolute Gasteiger partial charge is 0.306 e. The molecular weight excluding hydrogens is 805 g/mol. The van der Waals surface area contributed by atoms with Crippen LogP contribution in [0.4, 0.5) is 0 Å². The molecule has 1 atom stereocenters. The van der Waals surface area contributed by atoms with E-state index in [4.69, 9.17) is 14.2 Å². The third-order valence-electron chi connectivity index (χ3n) is 11.1. The number of rotatable bonds is 47. The van der Waals surface area contributed by atoms with Crippen LogP contribution in [-0.4, -0.2) is 37.2 Å². The topological polar surface area (TPSA) is 78.9 Å². The van der Waals surface area contributed by atoms with Crippen molar-refractivity contribution in [1.29, 1.82) is 0 Å². The van der Waals surface area contributed by atoms with E-state index in [0.29, 0.717) is 19.3 Å². The standard InChI is InChI=1S/C59H98O6/c1-4-7-10-13-16-19-22-24-26-28-29-31-32-34-37-40-43-46-49-52-58(61)64-55-56(54-63-57(60)51-48-45-42-39-36-21-18-15-12-9-6-3)65-59(62)53-50-47-44-41-38-35-33-30-27-25-23-20-17-14-11-8-5-2/h7,10,15-16,18-19,21,24-27,33,35-36,41,44,56H,4-6,8-9,11-14,17,20,22-23,28-32,34,37-40,42-43,45-55H2,1-3H3/b10-7-,18-15-,19-16-,26-24-,27-25-,35-33-,36-21-,44-41-. The second-order valence-corrected chi connectivity index (χ2v) is 17.4. The molecule has 0 saturated heterocycles. The number of carbonyl (C=O) groups excluding carboxylic acids is 3. The Labute approximate surface area is 400 Å². The first kappa shape index (κ1) is 61.3. The van der Waals surface area contributed by atoms with E-state index in [0.717, 1.165) is 89.9 Å². The summed E-state index contributed by atoms with van der Waals surface area (Å²) in [4.78, 5) is 38.0. The third kappa shape index (κ3) is 51.2. The summed E-state index contributed by atoms with van der Waals surface area (Å²) >= 11 is 0. The zero-order valence-corrected chi connectivity index (χ0v) is 42.2. The highest BCUT2D eigenvalue weighted by Gasteiger charge is 2.19. The highest BCUT2D eigenvalue weighted by Crippen LogP contribution is 2.14. The summed E-state index contributed by atoms with van der Waals surface area (Å²) in [5.74, 6) is -0.999. The van der Waals surface area contributed by atoms with Crippen LogP contribution in [0.2, 0.25) is 0 Å². The van der Waals surface area contributed by atoms with Gasteiger partial charge in [0.05, 0.1) is 0 Å². The van der Waals surface area contributed by atoms with Crippen LogP contribution in [-0.2, 0) is 28.6 Å². The Bertz CT molecular complexity index is 1310. The number of carbonyl (C=O) groups is 3. The summed E-state index contributed by atoms with van der Waals surface area (Å²) in [5, 5.41) is 0. The molecule has 0 radical (unpaired) electrons. The maximum atomic E-state index is 12.8. The molecule has 0 aliphatic heterocycles. The van der Waals surface area contributed by atoms with E-state index < -0.39 is 6.10 Å². The zero-order valence-electron chi connectivity index (χ0n) is 42.2. The van der Waals surface area contributed by atoms with Crippen LogP contribution in [0, 0.1) is 0 Å². The van der Waals surface area contributed by atoms with Crippen LogP contribution < -0.4 is 0 Å². The van der Waals surface area contributed by atoms with Crippen LogP contribution in [0.5, 0.6) is 0 Å². The molecule has 65 heavy (non-hydrogen) atoms. The lowest BCUT2D eigenvalue weighted by Crippen LogP contribution is -2.30. The quantitative estimate of drug-likeness (QED) is 0.0199. The SMILES string of the molecule is CC/C=C\C/C=C\C/C=C\CCCCCCCCCCCC(=O)OCC(COC(=O)CCCCC/C=C\C=C/CCCC)OC(=O)CCC/C=C\C/C=C\C/C=C\CCCCCCCC. The number of hydrogen-bond donors (Lipinski definition) is 0. The van der Waals surface area contributed by atoms with E-state index in [9.17, 15) is 14.4 Å². The number of hydrogen-bond acceptors (Lipinski definition) is 6. The van der Waals surface area contributed by atoms with Crippen molar-refractivity contribution in [3.8, 4) is 0 Å². The lowest BCUT2D eigenvalue weighted by molar-refractivity contribution is -0.167. The molecule has 1 unspecified atom stereocenters. The van der Waals surface area contributed by atoms with Gasteiger partial charge in [-0.1, -0.05) is 214 Å². The molecule has 0 bridgehead atoms. The van der Waals surface area contributed by atoms with Crippen LogP contribution in [0.15, 0.2) is 97.2 Å². The van der Waals surface area contributed by atoms with Crippen molar-refractivity contribution in [2.75, 3.05) is 13.2 Å². The van der Waals surface area contributed by atoms with Gasteiger partial charge in [-0.2, -0.15) is 0 Å². The minimum Gasteiger partial charge on any atom is -0.462 e. The van der Waals surface area contributed by atoms with Gasteiger partial charge in [-0.25, -0.2) is 0 Å². The van der Waals surface area contributed by atoms with Gasteiger partial charge in [0.15, 0.2) is 6.10 Å². The molecular formula is C59H98O6. The lowest BCUT2D eigenvalue weighted by Gasteiger charge is -2.18. The van der Waals surface area contributed by atoms with E-state index in [1.54, 1.807) is 0 Å². The molecule has 0 fully saturated rings. The Morgan fingerprint density at radius 1 is 0.338 bits per heavy atom. The highest BCUT2D eigenvalue weighted by atomic mass is 16.6. The highest BCUT2D eigenvalue weighted by molar-refractivity contribution is 5.71. The Morgan fingerprint density at radius 3 is 1.14 bits per heavy atom. The van der Waals surface area contributed by atoms with Gasteiger partial charge < -0.3 is 14.2 Å². The Kier molecular flexibility index (Phi) is 50.0. The van der Waals surface area contributed by atoms with Crippen molar-refractivity contribution in [3.63, 3.8) is 0 Å². The molecule has 0 aromatic rings. The van der Waals surface area contributed by atoms with Crippen molar-refractivity contribution in [2.24, 2.45) is 0 Å².